The molecule has 0 aliphatic heterocycles. The van der Waals surface area contributed by atoms with E-state index in [1.807, 2.05) is 6.07 Å². The number of ether oxygens (including phenoxy) is 1. The average Bonchev–Trinajstić information content (AvgIpc) is 2.76. The summed E-state index contributed by atoms with van der Waals surface area (Å²) >= 11 is 1.80. The van der Waals surface area contributed by atoms with Crippen LogP contribution in [0.1, 0.15) is 21.6 Å². The van der Waals surface area contributed by atoms with Gasteiger partial charge >= 0.3 is 0 Å². The molecule has 1 aromatic carbocycles. The Balaban J connectivity index is 1.98. The van der Waals surface area contributed by atoms with Crippen molar-refractivity contribution in [2.24, 2.45) is 0 Å². The lowest BCUT2D eigenvalue weighted by Gasteiger charge is -2.10. The van der Waals surface area contributed by atoms with Gasteiger partial charge in [-0.1, -0.05) is 17.7 Å². The maximum Gasteiger partial charge on any atom is 0.123 e. The normalized spacial score (nSPS) is 10.6. The Morgan fingerprint density at radius 1 is 1.17 bits per heavy atom. The van der Waals surface area contributed by atoms with Gasteiger partial charge in [0.15, 0.2) is 0 Å². The number of methoxy groups -OCH3 is 1. The van der Waals surface area contributed by atoms with Crippen molar-refractivity contribution in [1.82, 2.24) is 5.32 Å². The van der Waals surface area contributed by atoms with E-state index < -0.39 is 0 Å². The van der Waals surface area contributed by atoms with Crippen LogP contribution in [0.15, 0.2) is 29.6 Å². The Morgan fingerprint density at radius 3 is 2.67 bits per heavy atom. The lowest BCUT2D eigenvalue weighted by molar-refractivity contribution is 0.407. The van der Waals surface area contributed by atoms with Crippen LogP contribution in [0.5, 0.6) is 5.75 Å². The van der Waals surface area contributed by atoms with Gasteiger partial charge < -0.3 is 10.1 Å². The van der Waals surface area contributed by atoms with Gasteiger partial charge in [-0.2, -0.15) is 0 Å². The fourth-order valence-corrected chi connectivity index (χ4v) is 2.82. The summed E-state index contributed by atoms with van der Waals surface area (Å²) in [5, 5.41) is 5.62. The molecule has 0 amide bonds. The molecule has 0 saturated heterocycles. The summed E-state index contributed by atoms with van der Waals surface area (Å²) in [7, 11) is 1.72. The zero-order valence-corrected chi connectivity index (χ0v) is 11.9. The molecule has 0 bridgehead atoms. The third kappa shape index (κ3) is 3.12. The van der Waals surface area contributed by atoms with Crippen LogP contribution in [0.25, 0.3) is 0 Å². The van der Waals surface area contributed by atoms with E-state index >= 15 is 0 Å². The summed E-state index contributed by atoms with van der Waals surface area (Å²) < 4.78 is 5.37. The highest BCUT2D eigenvalue weighted by atomic mass is 32.1. The molecule has 0 saturated carbocycles. The van der Waals surface area contributed by atoms with Crippen LogP contribution in [-0.2, 0) is 13.1 Å². The molecular weight excluding hydrogens is 242 g/mol. The predicted octanol–water partition coefficient (Wildman–Crippen LogP) is 3.66. The van der Waals surface area contributed by atoms with Crippen LogP contribution in [-0.4, -0.2) is 7.11 Å². The maximum atomic E-state index is 5.37. The minimum absolute atomic E-state index is 0.836. The van der Waals surface area contributed by atoms with Gasteiger partial charge in [0.05, 0.1) is 7.11 Å². The zero-order chi connectivity index (χ0) is 13.0. The van der Waals surface area contributed by atoms with Crippen molar-refractivity contribution in [2.75, 3.05) is 7.11 Å². The van der Waals surface area contributed by atoms with Crippen LogP contribution in [0.4, 0.5) is 0 Å². The third-order valence-electron chi connectivity index (χ3n) is 3.01. The smallest absolute Gasteiger partial charge is 0.123 e. The average molecular weight is 261 g/mol. The quantitative estimate of drug-likeness (QED) is 0.887. The second-order valence-corrected chi connectivity index (χ2v) is 5.45. The summed E-state index contributed by atoms with van der Waals surface area (Å²) in [6.45, 7) is 6.01. The maximum absolute atomic E-state index is 5.37. The fourth-order valence-electron chi connectivity index (χ4n) is 1.94. The highest BCUT2D eigenvalue weighted by molar-refractivity contribution is 7.10. The van der Waals surface area contributed by atoms with Crippen LogP contribution >= 0.6 is 11.3 Å². The number of benzene rings is 1. The van der Waals surface area contributed by atoms with E-state index in [1.165, 1.54) is 21.6 Å². The Bertz CT molecular complexity index is 519. The van der Waals surface area contributed by atoms with E-state index in [-0.39, 0.29) is 0 Å². The first kappa shape index (κ1) is 13.1. The molecule has 2 rings (SSSR count). The molecular formula is C15H19NOS. The lowest BCUT2D eigenvalue weighted by Crippen LogP contribution is -2.13. The summed E-state index contributed by atoms with van der Waals surface area (Å²) in [5.74, 6) is 0.955. The molecule has 0 aliphatic carbocycles. The summed E-state index contributed by atoms with van der Waals surface area (Å²) in [6, 6.07) is 8.44. The van der Waals surface area contributed by atoms with E-state index in [9.17, 15) is 0 Å². The highest BCUT2D eigenvalue weighted by Gasteiger charge is 2.04. The van der Waals surface area contributed by atoms with Crippen LogP contribution < -0.4 is 10.1 Å². The van der Waals surface area contributed by atoms with Gasteiger partial charge in [0.1, 0.15) is 5.75 Å². The van der Waals surface area contributed by atoms with Crippen molar-refractivity contribution >= 4 is 11.3 Å². The van der Waals surface area contributed by atoms with E-state index in [0.29, 0.717) is 0 Å². The molecule has 1 heterocycles. The van der Waals surface area contributed by atoms with Crippen molar-refractivity contribution in [3.63, 3.8) is 0 Å². The molecule has 2 aromatic rings. The van der Waals surface area contributed by atoms with E-state index in [1.54, 1.807) is 18.4 Å². The van der Waals surface area contributed by atoms with Gasteiger partial charge in [-0.05, 0) is 36.9 Å². The molecule has 0 radical (unpaired) electrons. The predicted molar refractivity (Wildman–Crippen MR) is 77.3 cm³/mol. The number of hydrogen-bond acceptors (Lipinski definition) is 3. The van der Waals surface area contributed by atoms with Crippen molar-refractivity contribution in [3.05, 3.63) is 51.2 Å². The van der Waals surface area contributed by atoms with E-state index in [0.717, 1.165) is 18.8 Å². The fraction of sp³-hybridized carbons (Fsp3) is 0.333. The van der Waals surface area contributed by atoms with Gasteiger partial charge in [0.2, 0.25) is 0 Å². The summed E-state index contributed by atoms with van der Waals surface area (Å²) in [5.41, 5.74) is 3.84. The minimum Gasteiger partial charge on any atom is -0.496 e. The first-order valence-corrected chi connectivity index (χ1v) is 6.96. The number of thiophene rings is 1. The van der Waals surface area contributed by atoms with Gasteiger partial charge in [-0.15, -0.1) is 11.3 Å². The second kappa shape index (κ2) is 6.03. The number of hydrogen-bond donors (Lipinski definition) is 1. The van der Waals surface area contributed by atoms with Gasteiger partial charge in [-0.25, -0.2) is 0 Å². The van der Waals surface area contributed by atoms with Gasteiger partial charge in [0, 0.05) is 23.5 Å². The molecule has 1 N–H and O–H groups in total. The first-order valence-electron chi connectivity index (χ1n) is 6.08. The Labute approximate surface area is 113 Å². The molecule has 0 aliphatic rings. The standard InChI is InChI=1S/C15H19NOS/c1-11-4-5-14(17-3)13(8-11)9-16-10-15-12(2)6-7-18-15/h4-8,16H,9-10H2,1-3H3. The Kier molecular flexibility index (Phi) is 4.39. The van der Waals surface area contributed by atoms with Crippen LogP contribution in [0.3, 0.4) is 0 Å². The second-order valence-electron chi connectivity index (χ2n) is 4.45. The molecule has 2 nitrogen and oxygen atoms in total. The largest absolute Gasteiger partial charge is 0.496 e. The summed E-state index contributed by atoms with van der Waals surface area (Å²) in [6.07, 6.45) is 0. The topological polar surface area (TPSA) is 21.3 Å². The van der Waals surface area contributed by atoms with Crippen molar-refractivity contribution < 1.29 is 4.74 Å². The molecule has 0 spiro atoms. The minimum atomic E-state index is 0.836. The number of aryl methyl sites for hydroxylation is 2. The SMILES string of the molecule is COc1ccc(C)cc1CNCc1sccc1C. The zero-order valence-electron chi connectivity index (χ0n) is 11.1. The van der Waals surface area contributed by atoms with E-state index in [2.05, 4.69) is 42.7 Å². The van der Waals surface area contributed by atoms with Crippen LogP contribution in [0, 0.1) is 13.8 Å². The highest BCUT2D eigenvalue weighted by Crippen LogP contribution is 2.20. The summed E-state index contributed by atoms with van der Waals surface area (Å²) in [4.78, 5) is 1.40. The molecule has 18 heavy (non-hydrogen) atoms. The van der Waals surface area contributed by atoms with Gasteiger partial charge in [-0.3, -0.25) is 0 Å². The van der Waals surface area contributed by atoms with Crippen molar-refractivity contribution in [3.8, 4) is 5.75 Å². The molecule has 1 aromatic heterocycles. The molecule has 0 fully saturated rings. The van der Waals surface area contributed by atoms with Crippen LogP contribution in [0.2, 0.25) is 0 Å². The van der Waals surface area contributed by atoms with Gasteiger partial charge in [0.25, 0.3) is 0 Å². The number of nitrogens with one attached hydrogen (secondary N) is 1. The lowest BCUT2D eigenvalue weighted by atomic mass is 10.1. The Hall–Kier alpha value is -1.32. The Morgan fingerprint density at radius 2 is 2.00 bits per heavy atom. The molecule has 3 heteroatoms. The first-order chi connectivity index (χ1) is 8.70. The molecule has 0 unspecified atom stereocenters. The third-order valence-corrected chi connectivity index (χ3v) is 4.03. The number of rotatable bonds is 5. The van der Waals surface area contributed by atoms with Crippen molar-refractivity contribution in [1.29, 1.82) is 0 Å². The molecule has 96 valence electrons. The van der Waals surface area contributed by atoms with Crippen molar-refractivity contribution in [2.45, 2.75) is 26.9 Å². The van der Waals surface area contributed by atoms with E-state index in [4.69, 9.17) is 4.74 Å². The monoisotopic (exact) mass is 261 g/mol. The molecule has 0 atom stereocenters.